The van der Waals surface area contributed by atoms with Gasteiger partial charge in [0.2, 0.25) is 0 Å². The van der Waals surface area contributed by atoms with Crippen molar-refractivity contribution in [2.75, 3.05) is 32.2 Å². The molecule has 0 unspecified atom stereocenters. The Morgan fingerprint density at radius 2 is 1.61 bits per heavy atom. The number of hydrogen-bond acceptors (Lipinski definition) is 6. The van der Waals surface area contributed by atoms with Crippen LogP contribution in [0, 0.1) is 0 Å². The van der Waals surface area contributed by atoms with Crippen LogP contribution in [-0.4, -0.2) is 58.7 Å². The Morgan fingerprint density at radius 1 is 0.921 bits per heavy atom. The van der Waals surface area contributed by atoms with Gasteiger partial charge in [0.15, 0.2) is 11.4 Å². The van der Waals surface area contributed by atoms with Gasteiger partial charge in [-0.3, -0.25) is 9.48 Å². The molecule has 1 fully saturated rings. The zero-order valence-corrected chi connectivity index (χ0v) is 20.4. The Hall–Kier alpha value is -4.35. The molecule has 5 rings (SSSR count). The highest BCUT2D eigenvalue weighted by atomic mass is 19.3. The highest BCUT2D eigenvalue weighted by Crippen LogP contribution is 2.43. The van der Waals surface area contributed by atoms with Gasteiger partial charge in [-0.05, 0) is 23.8 Å². The molecule has 0 bridgehead atoms. The molecule has 0 N–H and O–H groups in total. The van der Waals surface area contributed by atoms with Crippen LogP contribution in [0.4, 0.5) is 23.2 Å². The Labute approximate surface area is 214 Å². The average Bonchev–Trinajstić information content (AvgIpc) is 3.44. The normalized spacial score (nSPS) is 16.0. The fourth-order valence-electron chi connectivity index (χ4n) is 4.32. The second-order valence-corrected chi connectivity index (χ2v) is 8.80. The highest BCUT2D eigenvalue weighted by molar-refractivity contribution is 5.62. The Balaban J connectivity index is 1.55. The second kappa shape index (κ2) is 9.51. The van der Waals surface area contributed by atoms with E-state index in [1.54, 1.807) is 16.9 Å². The molecule has 0 radical (unpaired) electrons. The smallest absolute Gasteiger partial charge is 0.329 e. The first kappa shape index (κ1) is 25.3. The quantitative estimate of drug-likeness (QED) is 0.334. The third-order valence-electron chi connectivity index (χ3n) is 6.33. The zero-order chi connectivity index (χ0) is 27.1. The van der Waals surface area contributed by atoms with Gasteiger partial charge in [0.1, 0.15) is 11.4 Å². The first-order chi connectivity index (χ1) is 18.1. The molecule has 0 saturated carbocycles. The van der Waals surface area contributed by atoms with Gasteiger partial charge >= 0.3 is 11.8 Å². The van der Waals surface area contributed by atoms with Crippen LogP contribution in [0.3, 0.4) is 0 Å². The van der Waals surface area contributed by atoms with Gasteiger partial charge in [0, 0.05) is 18.0 Å². The summed E-state index contributed by atoms with van der Waals surface area (Å²) in [5.41, 5.74) is 1.48. The number of aromatic nitrogens is 4. The van der Waals surface area contributed by atoms with Crippen LogP contribution in [0.1, 0.15) is 5.56 Å². The maximum Gasteiger partial charge on any atom is 0.329 e. The van der Waals surface area contributed by atoms with Gasteiger partial charge in [0.25, 0.3) is 5.43 Å². The fraction of sp³-hybridized carbons (Fsp3) is 0.269. The lowest BCUT2D eigenvalue weighted by Gasteiger charge is -2.20. The molecule has 8 nitrogen and oxygen atoms in total. The fourth-order valence-corrected chi connectivity index (χ4v) is 4.32. The average molecular weight is 529 g/mol. The lowest BCUT2D eigenvalue weighted by atomic mass is 10.2. The molecular weight excluding hydrogens is 506 g/mol. The highest BCUT2D eigenvalue weighted by Gasteiger charge is 2.63. The van der Waals surface area contributed by atoms with E-state index in [0.29, 0.717) is 17.9 Å². The molecule has 0 atom stereocenters. The Kier molecular flexibility index (Phi) is 6.33. The van der Waals surface area contributed by atoms with E-state index in [1.807, 2.05) is 30.3 Å². The van der Waals surface area contributed by atoms with Gasteiger partial charge in [0.05, 0.1) is 45.7 Å². The number of anilines is 1. The molecular formula is C26H23F4N5O3. The minimum Gasteiger partial charge on any atom is -0.494 e. The molecule has 3 heterocycles. The largest absolute Gasteiger partial charge is 0.494 e. The summed E-state index contributed by atoms with van der Waals surface area (Å²) >= 11 is 0. The second-order valence-electron chi connectivity index (χ2n) is 8.80. The maximum atomic E-state index is 13.8. The number of benzene rings is 2. The lowest BCUT2D eigenvalue weighted by Crippen LogP contribution is -2.38. The Bertz CT molecular complexity index is 1510. The molecule has 38 heavy (non-hydrogen) atoms. The summed E-state index contributed by atoms with van der Waals surface area (Å²) in [6.45, 7) is -1.85. The summed E-state index contributed by atoms with van der Waals surface area (Å²) in [7, 11) is 2.70. The molecule has 1 aliphatic rings. The first-order valence-corrected chi connectivity index (χ1v) is 11.6. The number of rotatable bonds is 7. The molecule has 1 aliphatic heterocycles. The van der Waals surface area contributed by atoms with Crippen molar-refractivity contribution in [1.82, 2.24) is 19.6 Å². The van der Waals surface area contributed by atoms with E-state index >= 15 is 0 Å². The summed E-state index contributed by atoms with van der Waals surface area (Å²) in [5.74, 6) is -8.13. The molecule has 1 saturated heterocycles. The predicted octanol–water partition coefficient (Wildman–Crippen LogP) is 4.25. The van der Waals surface area contributed by atoms with E-state index in [2.05, 4.69) is 10.2 Å². The van der Waals surface area contributed by atoms with Crippen molar-refractivity contribution in [3.05, 3.63) is 82.8 Å². The maximum absolute atomic E-state index is 13.8. The van der Waals surface area contributed by atoms with Crippen molar-refractivity contribution < 1.29 is 27.0 Å². The van der Waals surface area contributed by atoms with Crippen molar-refractivity contribution in [2.24, 2.45) is 0 Å². The summed E-state index contributed by atoms with van der Waals surface area (Å²) in [5, 5.41) is 8.84. The molecule has 4 aromatic rings. The van der Waals surface area contributed by atoms with Crippen molar-refractivity contribution in [2.45, 2.75) is 18.4 Å². The number of halogens is 4. The van der Waals surface area contributed by atoms with Crippen LogP contribution in [0.25, 0.3) is 17.1 Å². The zero-order valence-electron chi connectivity index (χ0n) is 20.4. The molecule has 0 aliphatic carbocycles. The van der Waals surface area contributed by atoms with Crippen LogP contribution < -0.4 is 19.8 Å². The number of nitrogens with zero attached hydrogens (tertiary/aromatic N) is 5. The monoisotopic (exact) mass is 529 g/mol. The summed E-state index contributed by atoms with van der Waals surface area (Å²) < 4.78 is 68.8. The molecule has 0 spiro atoms. The summed E-state index contributed by atoms with van der Waals surface area (Å²) in [6.07, 6.45) is 2.92. The number of hydrogen-bond donors (Lipinski definition) is 0. The van der Waals surface area contributed by atoms with Crippen molar-refractivity contribution in [3.8, 4) is 28.6 Å². The van der Waals surface area contributed by atoms with Gasteiger partial charge in [-0.15, -0.1) is 0 Å². The van der Waals surface area contributed by atoms with Gasteiger partial charge in [-0.2, -0.15) is 27.8 Å². The van der Waals surface area contributed by atoms with Crippen molar-refractivity contribution in [1.29, 1.82) is 0 Å². The third-order valence-corrected chi connectivity index (χ3v) is 6.33. The standard InChI is InChI=1S/C26H23F4N5O3/c1-37-21-12-18(33-15-25(27,28)26(29,30)16-33)8-9-19(21)35-14-22(38-2)24(36)23(32-35)20-10-11-31-34(20)13-17-6-4-3-5-7-17/h3-12,14H,13,15-16H2,1-2H3. The molecule has 198 valence electrons. The summed E-state index contributed by atoms with van der Waals surface area (Å²) in [6, 6.07) is 15.5. The van der Waals surface area contributed by atoms with Crippen LogP contribution in [0.5, 0.6) is 11.5 Å². The van der Waals surface area contributed by atoms with Crippen LogP contribution in [0.15, 0.2) is 71.8 Å². The van der Waals surface area contributed by atoms with E-state index in [4.69, 9.17) is 9.47 Å². The molecule has 0 amide bonds. The van der Waals surface area contributed by atoms with Crippen molar-refractivity contribution in [3.63, 3.8) is 0 Å². The topological polar surface area (TPSA) is 74.4 Å². The van der Waals surface area contributed by atoms with E-state index in [9.17, 15) is 22.4 Å². The molecule has 12 heteroatoms. The number of methoxy groups -OCH3 is 2. The van der Waals surface area contributed by atoms with Crippen molar-refractivity contribution >= 4 is 5.69 Å². The SMILES string of the molecule is COc1cc(N2CC(F)(F)C(F)(F)C2)ccc1-n1cc(OC)c(=O)c(-c2ccnn2Cc2ccccc2)n1. The van der Waals surface area contributed by atoms with E-state index < -0.39 is 30.4 Å². The lowest BCUT2D eigenvalue weighted by molar-refractivity contribution is -0.172. The number of alkyl halides is 4. The minimum atomic E-state index is -4.15. The van der Waals surface area contributed by atoms with Gasteiger partial charge in [-0.1, -0.05) is 30.3 Å². The van der Waals surface area contributed by atoms with E-state index in [-0.39, 0.29) is 22.9 Å². The number of ether oxygens (including phenoxy) is 2. The minimum absolute atomic E-state index is 0.00702. The molecule has 2 aromatic heterocycles. The van der Waals surface area contributed by atoms with Gasteiger partial charge in [-0.25, -0.2) is 4.68 Å². The Morgan fingerprint density at radius 3 is 2.26 bits per heavy atom. The summed E-state index contributed by atoms with van der Waals surface area (Å²) in [4.78, 5) is 14.1. The predicted molar refractivity (Wildman–Crippen MR) is 132 cm³/mol. The van der Waals surface area contributed by atoms with E-state index in [0.717, 1.165) is 10.5 Å². The van der Waals surface area contributed by atoms with Gasteiger partial charge < -0.3 is 14.4 Å². The molecule has 2 aromatic carbocycles. The first-order valence-electron chi connectivity index (χ1n) is 11.6. The third kappa shape index (κ3) is 4.46. The van der Waals surface area contributed by atoms with Crippen LogP contribution >= 0.6 is 0 Å². The van der Waals surface area contributed by atoms with Crippen LogP contribution in [-0.2, 0) is 6.54 Å². The van der Waals surface area contributed by atoms with Crippen LogP contribution in [0.2, 0.25) is 0 Å². The van der Waals surface area contributed by atoms with E-state index in [1.165, 1.54) is 43.3 Å².